The van der Waals surface area contributed by atoms with Crippen molar-refractivity contribution in [2.45, 2.75) is 38.1 Å². The van der Waals surface area contributed by atoms with Crippen LogP contribution in [0.2, 0.25) is 10.0 Å². The number of rotatable bonds is 3. The average molecular weight is 258 g/mol. The molecule has 3 heteroatoms. The minimum atomic E-state index is 0.237. The molecule has 88 valence electrons. The zero-order valence-electron chi connectivity index (χ0n) is 9.26. The quantitative estimate of drug-likeness (QED) is 0.869. The van der Waals surface area contributed by atoms with E-state index in [1.54, 1.807) is 6.07 Å². The second-order valence-electron chi connectivity index (χ2n) is 4.65. The molecule has 0 saturated heterocycles. The van der Waals surface area contributed by atoms with Crippen molar-refractivity contribution < 1.29 is 0 Å². The summed E-state index contributed by atoms with van der Waals surface area (Å²) in [7, 11) is 0. The zero-order chi connectivity index (χ0) is 11.5. The lowest BCUT2D eigenvalue weighted by atomic mass is 9.93. The summed E-state index contributed by atoms with van der Waals surface area (Å²) in [5.74, 6) is 0.673. The highest BCUT2D eigenvalue weighted by Gasteiger charge is 2.22. The highest BCUT2D eigenvalue weighted by atomic mass is 35.5. The Morgan fingerprint density at radius 3 is 2.56 bits per heavy atom. The summed E-state index contributed by atoms with van der Waals surface area (Å²) >= 11 is 12.0. The Kier molecular flexibility index (Phi) is 4.12. The van der Waals surface area contributed by atoms with E-state index in [9.17, 15) is 0 Å². The molecule has 1 fully saturated rings. The topological polar surface area (TPSA) is 26.0 Å². The third-order valence-corrected chi connectivity index (χ3v) is 4.06. The fourth-order valence-corrected chi connectivity index (χ4v) is 2.98. The highest BCUT2D eigenvalue weighted by Crippen LogP contribution is 2.30. The van der Waals surface area contributed by atoms with Gasteiger partial charge in [-0.1, -0.05) is 42.1 Å². The molecule has 0 heterocycles. The smallest absolute Gasteiger partial charge is 0.0453 e. The molecule has 0 aromatic heterocycles. The van der Waals surface area contributed by atoms with Crippen LogP contribution in [-0.2, 0) is 6.42 Å². The summed E-state index contributed by atoms with van der Waals surface area (Å²) in [6, 6.07) is 5.89. The molecule has 1 aromatic rings. The molecule has 1 saturated carbocycles. The van der Waals surface area contributed by atoms with Crippen LogP contribution in [0.4, 0.5) is 0 Å². The van der Waals surface area contributed by atoms with E-state index in [4.69, 9.17) is 28.9 Å². The number of nitrogens with two attached hydrogens (primary N) is 1. The van der Waals surface area contributed by atoms with Gasteiger partial charge in [-0.2, -0.15) is 0 Å². The standard InChI is InChI=1S/C13H17Cl2N/c14-11-6-5-10(12(15)8-11)7-13(16)9-3-1-2-4-9/h5-6,8-9,13H,1-4,7,16H2. The SMILES string of the molecule is NC(Cc1ccc(Cl)cc1Cl)C1CCCC1. The molecule has 0 aliphatic heterocycles. The molecular formula is C13H17Cl2N. The summed E-state index contributed by atoms with van der Waals surface area (Å²) in [6.07, 6.45) is 6.05. The van der Waals surface area contributed by atoms with Gasteiger partial charge in [0.2, 0.25) is 0 Å². The normalized spacial score (nSPS) is 18.9. The van der Waals surface area contributed by atoms with Gasteiger partial charge in [0.05, 0.1) is 0 Å². The summed E-state index contributed by atoms with van der Waals surface area (Å²) in [5, 5.41) is 1.42. The van der Waals surface area contributed by atoms with Crippen molar-refractivity contribution >= 4 is 23.2 Å². The highest BCUT2D eigenvalue weighted by molar-refractivity contribution is 6.35. The first-order valence-electron chi connectivity index (χ1n) is 5.86. The molecule has 2 rings (SSSR count). The molecule has 16 heavy (non-hydrogen) atoms. The molecular weight excluding hydrogens is 241 g/mol. The Hall–Kier alpha value is -0.240. The van der Waals surface area contributed by atoms with Crippen LogP contribution in [-0.4, -0.2) is 6.04 Å². The third kappa shape index (κ3) is 2.91. The molecule has 1 aromatic carbocycles. The van der Waals surface area contributed by atoms with E-state index in [-0.39, 0.29) is 6.04 Å². The van der Waals surface area contributed by atoms with E-state index >= 15 is 0 Å². The Morgan fingerprint density at radius 1 is 1.25 bits per heavy atom. The summed E-state index contributed by atoms with van der Waals surface area (Å²) in [4.78, 5) is 0. The van der Waals surface area contributed by atoms with E-state index in [2.05, 4.69) is 0 Å². The van der Waals surface area contributed by atoms with Gasteiger partial charge in [0.25, 0.3) is 0 Å². The number of benzene rings is 1. The summed E-state index contributed by atoms with van der Waals surface area (Å²) in [6.45, 7) is 0. The van der Waals surface area contributed by atoms with E-state index < -0.39 is 0 Å². The van der Waals surface area contributed by atoms with E-state index in [0.29, 0.717) is 10.9 Å². The van der Waals surface area contributed by atoms with Crippen LogP contribution < -0.4 is 5.73 Å². The van der Waals surface area contributed by atoms with Crippen LogP contribution in [0.1, 0.15) is 31.2 Å². The van der Waals surface area contributed by atoms with Gasteiger partial charge in [-0.25, -0.2) is 0 Å². The average Bonchev–Trinajstić information content (AvgIpc) is 2.75. The fourth-order valence-electron chi connectivity index (χ4n) is 2.49. The van der Waals surface area contributed by atoms with Crippen LogP contribution in [0.15, 0.2) is 18.2 Å². The maximum absolute atomic E-state index is 6.23. The summed E-state index contributed by atoms with van der Waals surface area (Å²) < 4.78 is 0. The first-order chi connectivity index (χ1) is 7.66. The molecule has 1 atom stereocenters. The van der Waals surface area contributed by atoms with Gasteiger partial charge < -0.3 is 5.73 Å². The van der Waals surface area contributed by atoms with Crippen LogP contribution >= 0.6 is 23.2 Å². The van der Waals surface area contributed by atoms with Gasteiger partial charge in [0, 0.05) is 16.1 Å². The Bertz CT molecular complexity index is 359. The molecule has 0 amide bonds. The van der Waals surface area contributed by atoms with Gasteiger partial charge in [-0.05, 0) is 42.9 Å². The lowest BCUT2D eigenvalue weighted by molar-refractivity contribution is 0.429. The van der Waals surface area contributed by atoms with Crippen molar-refractivity contribution in [1.82, 2.24) is 0 Å². The molecule has 2 N–H and O–H groups in total. The van der Waals surface area contributed by atoms with Crippen LogP contribution in [0.25, 0.3) is 0 Å². The Morgan fingerprint density at radius 2 is 1.94 bits per heavy atom. The van der Waals surface area contributed by atoms with Crippen molar-refractivity contribution in [3.63, 3.8) is 0 Å². The van der Waals surface area contributed by atoms with Crippen LogP contribution in [0.3, 0.4) is 0 Å². The first-order valence-corrected chi connectivity index (χ1v) is 6.62. The predicted molar refractivity (Wildman–Crippen MR) is 70.1 cm³/mol. The van der Waals surface area contributed by atoms with E-state index in [1.807, 2.05) is 12.1 Å². The van der Waals surface area contributed by atoms with Gasteiger partial charge in [-0.3, -0.25) is 0 Å². The third-order valence-electron chi connectivity index (χ3n) is 3.48. The summed E-state index contributed by atoms with van der Waals surface area (Å²) in [5.41, 5.74) is 7.34. The van der Waals surface area contributed by atoms with Gasteiger partial charge in [0.1, 0.15) is 0 Å². The molecule has 1 aliphatic rings. The van der Waals surface area contributed by atoms with Gasteiger partial charge >= 0.3 is 0 Å². The first kappa shape index (κ1) is 12.2. The van der Waals surface area contributed by atoms with Crippen LogP contribution in [0.5, 0.6) is 0 Å². The Balaban J connectivity index is 2.02. The predicted octanol–water partition coefficient (Wildman–Crippen LogP) is 4.05. The molecule has 1 unspecified atom stereocenters. The number of hydrogen-bond acceptors (Lipinski definition) is 1. The van der Waals surface area contributed by atoms with E-state index in [1.165, 1.54) is 25.7 Å². The van der Waals surface area contributed by atoms with Crippen LogP contribution in [0, 0.1) is 5.92 Å². The van der Waals surface area contributed by atoms with Gasteiger partial charge in [-0.15, -0.1) is 0 Å². The maximum atomic E-state index is 6.23. The van der Waals surface area contributed by atoms with Crippen molar-refractivity contribution in [1.29, 1.82) is 0 Å². The van der Waals surface area contributed by atoms with Crippen molar-refractivity contribution in [2.24, 2.45) is 11.7 Å². The number of halogens is 2. The minimum Gasteiger partial charge on any atom is -0.327 e. The molecule has 1 aliphatic carbocycles. The molecule has 1 nitrogen and oxygen atoms in total. The fraction of sp³-hybridized carbons (Fsp3) is 0.538. The second-order valence-corrected chi connectivity index (χ2v) is 5.49. The Labute approximate surface area is 107 Å². The largest absolute Gasteiger partial charge is 0.327 e. The molecule has 0 spiro atoms. The molecule has 0 bridgehead atoms. The van der Waals surface area contributed by atoms with E-state index in [0.717, 1.165) is 17.0 Å². The maximum Gasteiger partial charge on any atom is 0.0453 e. The monoisotopic (exact) mass is 257 g/mol. The lowest BCUT2D eigenvalue weighted by Gasteiger charge is -2.19. The lowest BCUT2D eigenvalue weighted by Crippen LogP contribution is -2.30. The van der Waals surface area contributed by atoms with Crippen molar-refractivity contribution in [3.05, 3.63) is 33.8 Å². The van der Waals surface area contributed by atoms with Gasteiger partial charge in [0.15, 0.2) is 0 Å². The van der Waals surface area contributed by atoms with Crippen molar-refractivity contribution in [3.8, 4) is 0 Å². The number of hydrogen-bond donors (Lipinski definition) is 1. The molecule has 0 radical (unpaired) electrons. The zero-order valence-corrected chi connectivity index (χ0v) is 10.8. The minimum absolute atomic E-state index is 0.237. The second kappa shape index (κ2) is 5.39. The van der Waals surface area contributed by atoms with Crippen molar-refractivity contribution in [2.75, 3.05) is 0 Å².